The lowest BCUT2D eigenvalue weighted by Crippen LogP contribution is -2.31. The lowest BCUT2D eigenvalue weighted by atomic mass is 9.86. The highest BCUT2D eigenvalue weighted by Gasteiger charge is 2.44. The fourth-order valence-electron chi connectivity index (χ4n) is 7.78. The number of ether oxygens (including phenoxy) is 1. The molecule has 0 bridgehead atoms. The number of hydrogen-bond donors (Lipinski definition) is 2. The van der Waals surface area contributed by atoms with Crippen LogP contribution >= 0.6 is 0 Å². The fraction of sp³-hybridized carbons (Fsp3) is 0.471. The zero-order valence-corrected chi connectivity index (χ0v) is 25.2. The summed E-state index contributed by atoms with van der Waals surface area (Å²) in [5, 5.41) is 6.05. The van der Waals surface area contributed by atoms with Gasteiger partial charge in [-0.1, -0.05) is 25.0 Å². The largest absolute Gasteiger partial charge is 0.451 e. The number of carbonyl (C=O) groups is 2. The topological polar surface area (TPSA) is 99.7 Å². The van der Waals surface area contributed by atoms with Crippen LogP contribution in [-0.4, -0.2) is 52.9 Å². The number of carbonyl (C=O) groups excluding carboxylic acids is 2. The van der Waals surface area contributed by atoms with Crippen molar-refractivity contribution < 1.29 is 18.7 Å². The molecule has 230 valence electrons. The number of halogens is 1. The van der Waals surface area contributed by atoms with E-state index in [1.54, 1.807) is 18.6 Å². The van der Waals surface area contributed by atoms with E-state index in [1.807, 2.05) is 0 Å². The number of nitrogens with zero attached hydrogens (tertiary/aromatic N) is 4. The number of anilines is 2. The van der Waals surface area contributed by atoms with Crippen LogP contribution in [0.3, 0.4) is 0 Å². The van der Waals surface area contributed by atoms with Crippen LogP contribution < -0.4 is 20.3 Å². The number of nitrogens with one attached hydrogen (secondary N) is 2. The van der Waals surface area contributed by atoms with E-state index in [-0.39, 0.29) is 35.0 Å². The van der Waals surface area contributed by atoms with E-state index in [9.17, 15) is 14.0 Å². The highest BCUT2D eigenvalue weighted by atomic mass is 19.1. The van der Waals surface area contributed by atoms with Gasteiger partial charge in [-0.15, -0.1) is 0 Å². The Morgan fingerprint density at radius 2 is 1.98 bits per heavy atom. The summed E-state index contributed by atoms with van der Waals surface area (Å²) in [4.78, 5) is 37.7. The maximum atomic E-state index is 14.6. The summed E-state index contributed by atoms with van der Waals surface area (Å²) >= 11 is 0. The summed E-state index contributed by atoms with van der Waals surface area (Å²) in [7, 11) is 0. The van der Waals surface area contributed by atoms with E-state index >= 15 is 0 Å². The van der Waals surface area contributed by atoms with Crippen LogP contribution in [0.1, 0.15) is 68.2 Å². The van der Waals surface area contributed by atoms with Crippen LogP contribution in [0.25, 0.3) is 0 Å². The number of hydrogen-bond acceptors (Lipinski definition) is 7. The number of aromatic nitrogens is 2. The van der Waals surface area contributed by atoms with Crippen molar-refractivity contribution in [3.8, 4) is 11.5 Å². The van der Waals surface area contributed by atoms with E-state index in [0.717, 1.165) is 88.3 Å². The minimum Gasteiger partial charge on any atom is -0.451 e. The summed E-state index contributed by atoms with van der Waals surface area (Å²) in [5.41, 5.74) is 4.04. The quantitative estimate of drug-likeness (QED) is 0.360. The lowest BCUT2D eigenvalue weighted by molar-refractivity contribution is -0.120. The molecular weight excluding hydrogens is 559 g/mol. The van der Waals surface area contributed by atoms with Crippen molar-refractivity contribution in [2.45, 2.75) is 64.5 Å². The third kappa shape index (κ3) is 5.87. The minimum absolute atomic E-state index is 0.0633. The maximum Gasteiger partial charge on any atom is 0.228 e. The van der Waals surface area contributed by atoms with Crippen LogP contribution in [0.15, 0.2) is 48.9 Å². The number of benzene rings is 2. The Balaban J connectivity index is 1.07. The Labute approximate surface area is 257 Å². The average molecular weight is 599 g/mol. The van der Waals surface area contributed by atoms with Gasteiger partial charge in [0.05, 0.1) is 18.7 Å². The molecular formula is C34H39FN6O3. The van der Waals surface area contributed by atoms with Gasteiger partial charge in [-0.05, 0) is 73.5 Å². The number of fused-ring (bicyclic) bond motifs is 1. The van der Waals surface area contributed by atoms with Crippen molar-refractivity contribution in [2.75, 3.05) is 36.4 Å². The molecule has 1 aliphatic carbocycles. The molecule has 1 spiro atoms. The molecule has 9 nitrogen and oxygen atoms in total. The summed E-state index contributed by atoms with van der Waals surface area (Å²) in [6.07, 6.45) is 10.0. The van der Waals surface area contributed by atoms with Crippen molar-refractivity contribution >= 4 is 23.3 Å². The van der Waals surface area contributed by atoms with Gasteiger partial charge in [0.2, 0.25) is 11.8 Å². The molecule has 1 aromatic heterocycles. The van der Waals surface area contributed by atoms with Crippen molar-refractivity contribution in [3.05, 3.63) is 71.4 Å². The van der Waals surface area contributed by atoms with Gasteiger partial charge in [0, 0.05) is 49.8 Å². The first-order chi connectivity index (χ1) is 21.3. The van der Waals surface area contributed by atoms with Crippen LogP contribution in [0.5, 0.6) is 11.5 Å². The first-order valence-electron chi connectivity index (χ1n) is 15.8. The summed E-state index contributed by atoms with van der Waals surface area (Å²) in [5.74, 6) is 1.57. The van der Waals surface area contributed by atoms with E-state index in [4.69, 9.17) is 4.74 Å². The Bertz CT molecular complexity index is 1580. The smallest absolute Gasteiger partial charge is 0.228 e. The molecule has 2 saturated heterocycles. The third-order valence-corrected chi connectivity index (χ3v) is 9.88. The molecule has 0 radical (unpaired) electrons. The molecule has 7 rings (SSSR count). The van der Waals surface area contributed by atoms with Gasteiger partial charge in [0.25, 0.3) is 0 Å². The molecule has 2 unspecified atom stereocenters. The maximum absolute atomic E-state index is 14.6. The normalized spacial score (nSPS) is 22.4. The Morgan fingerprint density at radius 3 is 2.82 bits per heavy atom. The van der Waals surface area contributed by atoms with Crippen LogP contribution in [0, 0.1) is 17.2 Å². The predicted molar refractivity (Wildman–Crippen MR) is 165 cm³/mol. The summed E-state index contributed by atoms with van der Waals surface area (Å²) in [6, 6.07) is 10.5. The molecule has 10 heteroatoms. The second-order valence-electron chi connectivity index (χ2n) is 13.1. The molecule has 2 N–H and O–H groups in total. The molecule has 2 amide bonds. The Kier molecular flexibility index (Phi) is 7.70. The molecule has 3 fully saturated rings. The van der Waals surface area contributed by atoms with Crippen LogP contribution in [0.4, 0.5) is 15.9 Å². The van der Waals surface area contributed by atoms with Gasteiger partial charge in [0.15, 0.2) is 11.6 Å². The van der Waals surface area contributed by atoms with E-state index in [2.05, 4.69) is 48.6 Å². The lowest BCUT2D eigenvalue weighted by Gasteiger charge is -2.28. The van der Waals surface area contributed by atoms with Gasteiger partial charge in [0.1, 0.15) is 17.9 Å². The highest BCUT2D eigenvalue weighted by molar-refractivity contribution is 5.99. The monoisotopic (exact) mass is 598 g/mol. The fourth-order valence-corrected chi connectivity index (χ4v) is 7.78. The molecule has 1 saturated carbocycles. The number of rotatable bonds is 8. The number of amides is 2. The Morgan fingerprint density at radius 1 is 1.14 bits per heavy atom. The SMILES string of the molecule is CC(=O)NC(c1cc(F)ccc1Oc1cncnc1N1CCC2(CCN(Cc3ccc4c(c3)NC(=O)C4)C2)C1)C1CCCC1. The summed E-state index contributed by atoms with van der Waals surface area (Å²) < 4.78 is 21.1. The van der Waals surface area contributed by atoms with E-state index in [0.29, 0.717) is 23.5 Å². The molecule has 4 aliphatic rings. The molecule has 2 aromatic carbocycles. The van der Waals surface area contributed by atoms with E-state index in [1.165, 1.54) is 24.6 Å². The molecule has 3 aliphatic heterocycles. The highest BCUT2D eigenvalue weighted by Crippen LogP contribution is 2.45. The van der Waals surface area contributed by atoms with Crippen LogP contribution in [-0.2, 0) is 22.6 Å². The minimum atomic E-state index is -0.359. The zero-order chi connectivity index (χ0) is 30.3. The average Bonchev–Trinajstić information content (AvgIpc) is 3.81. The molecule has 44 heavy (non-hydrogen) atoms. The zero-order valence-electron chi connectivity index (χ0n) is 25.2. The second-order valence-corrected chi connectivity index (χ2v) is 13.1. The molecule has 2 atom stereocenters. The van der Waals surface area contributed by atoms with Gasteiger partial charge in [-0.2, -0.15) is 0 Å². The molecule has 3 aromatic rings. The number of likely N-dealkylation sites (tertiary alicyclic amines) is 1. The first-order valence-corrected chi connectivity index (χ1v) is 15.8. The van der Waals surface area contributed by atoms with Gasteiger partial charge >= 0.3 is 0 Å². The standard InChI is InChI=1S/C34H39FN6O3/c1-22(42)38-32(24-4-2-3-5-24)27-16-26(35)8-9-29(27)44-30-17-36-21-37-33(30)41-13-11-34(20-41)10-12-40(19-34)18-23-6-7-25-15-31(43)39-28(25)14-23/h6-9,14,16-17,21,24,32H,2-5,10-13,15,18-20H2,1H3,(H,38,42)(H,39,43). The second kappa shape index (κ2) is 11.8. The predicted octanol–water partition coefficient (Wildman–Crippen LogP) is 5.37. The Hall–Kier alpha value is -4.05. The van der Waals surface area contributed by atoms with Crippen molar-refractivity contribution in [1.29, 1.82) is 0 Å². The van der Waals surface area contributed by atoms with Crippen molar-refractivity contribution in [2.24, 2.45) is 11.3 Å². The van der Waals surface area contributed by atoms with E-state index < -0.39 is 0 Å². The van der Waals surface area contributed by atoms with Crippen molar-refractivity contribution in [1.82, 2.24) is 20.2 Å². The van der Waals surface area contributed by atoms with Crippen LogP contribution in [0.2, 0.25) is 0 Å². The van der Waals surface area contributed by atoms with Gasteiger partial charge < -0.3 is 20.3 Å². The van der Waals surface area contributed by atoms with Gasteiger partial charge in [-0.3, -0.25) is 14.5 Å². The first kappa shape index (κ1) is 28.7. The third-order valence-electron chi connectivity index (χ3n) is 9.88. The molecule has 4 heterocycles. The van der Waals surface area contributed by atoms with Gasteiger partial charge in [-0.25, -0.2) is 14.4 Å². The summed E-state index contributed by atoms with van der Waals surface area (Å²) in [6.45, 7) is 6.11. The van der Waals surface area contributed by atoms with Crippen molar-refractivity contribution in [3.63, 3.8) is 0 Å².